The number of hydrogen-bond acceptors (Lipinski definition) is 5. The highest BCUT2D eigenvalue weighted by atomic mass is 35.5. The molecule has 1 N–H and O–H groups in total. The molecular formula is C19H24Cl2N4O2S. The van der Waals surface area contributed by atoms with Crippen LogP contribution in [0.3, 0.4) is 0 Å². The summed E-state index contributed by atoms with van der Waals surface area (Å²) in [4.78, 5) is 9.16. The quantitative estimate of drug-likeness (QED) is 0.713. The standard InChI is InChI=1S/C19H24Cl2N4O2S/c1-2-24-7-9-25(10-8-24)19-6-4-16(12-22-19)13-23-28(26,27)14-15-3-5-17(20)18(21)11-15/h3-6,11-12,23H,2,7-10,13-14H2,1H3. The van der Waals surface area contributed by atoms with Crippen LogP contribution in [-0.2, 0) is 22.3 Å². The van der Waals surface area contributed by atoms with E-state index in [1.165, 1.54) is 0 Å². The normalized spacial score (nSPS) is 15.8. The zero-order chi connectivity index (χ0) is 20.1. The molecule has 9 heteroatoms. The van der Waals surface area contributed by atoms with Crippen LogP contribution in [0.4, 0.5) is 5.82 Å². The molecule has 1 fully saturated rings. The minimum absolute atomic E-state index is 0.156. The average molecular weight is 443 g/mol. The van der Waals surface area contributed by atoms with Crippen LogP contribution in [0.25, 0.3) is 0 Å². The summed E-state index contributed by atoms with van der Waals surface area (Å²) in [5.74, 6) is 0.773. The molecule has 0 amide bonds. The van der Waals surface area contributed by atoms with Crippen LogP contribution in [0, 0.1) is 0 Å². The van der Waals surface area contributed by atoms with Crippen LogP contribution in [0.5, 0.6) is 0 Å². The summed E-state index contributed by atoms with van der Waals surface area (Å²) in [6.45, 7) is 7.42. The predicted octanol–water partition coefficient (Wildman–Crippen LogP) is 3.15. The van der Waals surface area contributed by atoms with Crippen molar-refractivity contribution in [1.82, 2.24) is 14.6 Å². The number of anilines is 1. The topological polar surface area (TPSA) is 65.5 Å². The first-order chi connectivity index (χ1) is 13.4. The van der Waals surface area contributed by atoms with E-state index in [4.69, 9.17) is 23.2 Å². The van der Waals surface area contributed by atoms with E-state index in [2.05, 4.69) is 26.4 Å². The molecule has 152 valence electrons. The number of aromatic nitrogens is 1. The lowest BCUT2D eigenvalue weighted by atomic mass is 10.2. The van der Waals surface area contributed by atoms with E-state index in [-0.39, 0.29) is 12.3 Å². The fourth-order valence-corrected chi connectivity index (χ4v) is 4.52. The third kappa shape index (κ3) is 5.81. The van der Waals surface area contributed by atoms with Gasteiger partial charge in [0, 0.05) is 38.9 Å². The van der Waals surface area contributed by atoms with E-state index < -0.39 is 10.0 Å². The van der Waals surface area contributed by atoms with Gasteiger partial charge >= 0.3 is 0 Å². The molecule has 1 aromatic carbocycles. The van der Waals surface area contributed by atoms with Crippen LogP contribution in [-0.4, -0.2) is 51.0 Å². The Kier molecular flexibility index (Phi) is 7.17. The highest BCUT2D eigenvalue weighted by Crippen LogP contribution is 2.23. The number of sulfonamides is 1. The van der Waals surface area contributed by atoms with Gasteiger partial charge in [0.15, 0.2) is 0 Å². The number of likely N-dealkylation sites (N-methyl/N-ethyl adjacent to an activating group) is 1. The molecule has 0 spiro atoms. The first-order valence-corrected chi connectivity index (χ1v) is 11.6. The minimum Gasteiger partial charge on any atom is -0.354 e. The van der Waals surface area contributed by atoms with Crippen molar-refractivity contribution in [2.24, 2.45) is 0 Å². The first-order valence-electron chi connectivity index (χ1n) is 9.20. The van der Waals surface area contributed by atoms with Crippen molar-refractivity contribution in [3.05, 3.63) is 57.7 Å². The van der Waals surface area contributed by atoms with E-state index in [1.54, 1.807) is 24.4 Å². The van der Waals surface area contributed by atoms with Crippen LogP contribution < -0.4 is 9.62 Å². The number of pyridine rings is 1. The van der Waals surface area contributed by atoms with Crippen molar-refractivity contribution in [2.75, 3.05) is 37.6 Å². The van der Waals surface area contributed by atoms with Crippen molar-refractivity contribution in [1.29, 1.82) is 0 Å². The molecule has 1 aromatic heterocycles. The summed E-state index contributed by atoms with van der Waals surface area (Å²) in [5, 5.41) is 0.743. The maximum atomic E-state index is 12.3. The molecular weight excluding hydrogens is 419 g/mol. The first kappa shape index (κ1) is 21.3. The highest BCUT2D eigenvalue weighted by Gasteiger charge is 2.17. The molecule has 1 saturated heterocycles. The third-order valence-corrected chi connectivity index (χ3v) is 6.83. The molecule has 0 unspecified atom stereocenters. The second-order valence-electron chi connectivity index (χ2n) is 6.77. The number of nitrogens with one attached hydrogen (secondary N) is 1. The minimum atomic E-state index is -3.50. The number of hydrogen-bond donors (Lipinski definition) is 1. The zero-order valence-corrected chi connectivity index (χ0v) is 18.1. The molecule has 0 atom stereocenters. The van der Waals surface area contributed by atoms with Gasteiger partial charge in [0.1, 0.15) is 5.82 Å². The van der Waals surface area contributed by atoms with E-state index in [9.17, 15) is 8.42 Å². The van der Waals surface area contributed by atoms with E-state index in [1.807, 2.05) is 12.1 Å². The Morgan fingerprint density at radius 1 is 1.04 bits per heavy atom. The average Bonchev–Trinajstić information content (AvgIpc) is 2.70. The van der Waals surface area contributed by atoms with Gasteiger partial charge in [-0.25, -0.2) is 18.1 Å². The van der Waals surface area contributed by atoms with Gasteiger partial charge in [-0.3, -0.25) is 0 Å². The lowest BCUT2D eigenvalue weighted by molar-refractivity contribution is 0.270. The molecule has 0 radical (unpaired) electrons. The van der Waals surface area contributed by atoms with Crippen molar-refractivity contribution in [2.45, 2.75) is 19.2 Å². The zero-order valence-electron chi connectivity index (χ0n) is 15.7. The summed E-state index contributed by atoms with van der Waals surface area (Å²) in [6.07, 6.45) is 1.73. The Morgan fingerprint density at radius 3 is 2.36 bits per heavy atom. The molecule has 2 aromatic rings. The van der Waals surface area contributed by atoms with Gasteiger partial charge in [-0.15, -0.1) is 0 Å². The van der Waals surface area contributed by atoms with Crippen molar-refractivity contribution in [3.63, 3.8) is 0 Å². The maximum Gasteiger partial charge on any atom is 0.216 e. The molecule has 0 bridgehead atoms. The van der Waals surface area contributed by atoms with Gasteiger partial charge in [0.2, 0.25) is 10.0 Å². The Labute approximate surface area is 176 Å². The fraction of sp³-hybridized carbons (Fsp3) is 0.421. The Bertz CT molecular complexity index is 899. The molecule has 0 aliphatic carbocycles. The molecule has 6 nitrogen and oxygen atoms in total. The lowest BCUT2D eigenvalue weighted by Crippen LogP contribution is -2.46. The summed E-state index contributed by atoms with van der Waals surface area (Å²) in [6, 6.07) is 8.68. The third-order valence-electron chi connectivity index (χ3n) is 4.79. The van der Waals surface area contributed by atoms with Crippen LogP contribution >= 0.6 is 23.2 Å². The number of nitrogens with zero attached hydrogens (tertiary/aromatic N) is 3. The van der Waals surface area contributed by atoms with Gasteiger partial charge in [-0.2, -0.15) is 0 Å². The molecule has 2 heterocycles. The lowest BCUT2D eigenvalue weighted by Gasteiger charge is -2.34. The van der Waals surface area contributed by atoms with Gasteiger partial charge < -0.3 is 9.80 Å². The molecule has 1 aliphatic rings. The second-order valence-corrected chi connectivity index (χ2v) is 9.40. The largest absolute Gasteiger partial charge is 0.354 e. The highest BCUT2D eigenvalue weighted by molar-refractivity contribution is 7.88. The van der Waals surface area contributed by atoms with Crippen LogP contribution in [0.1, 0.15) is 18.1 Å². The fourth-order valence-electron chi connectivity index (χ4n) is 3.09. The van der Waals surface area contributed by atoms with Gasteiger partial charge in [0.25, 0.3) is 0 Å². The van der Waals surface area contributed by atoms with Crippen LogP contribution in [0.2, 0.25) is 10.0 Å². The van der Waals surface area contributed by atoms with Gasteiger partial charge in [0.05, 0.1) is 15.8 Å². The molecule has 28 heavy (non-hydrogen) atoms. The van der Waals surface area contributed by atoms with E-state index in [0.717, 1.165) is 44.1 Å². The molecule has 3 rings (SSSR count). The Hall–Kier alpha value is -1.38. The van der Waals surface area contributed by atoms with Gasteiger partial charge in [-0.05, 0) is 35.9 Å². The summed E-state index contributed by atoms with van der Waals surface area (Å²) >= 11 is 11.8. The molecule has 1 aliphatic heterocycles. The monoisotopic (exact) mass is 442 g/mol. The predicted molar refractivity (Wildman–Crippen MR) is 114 cm³/mol. The number of halogens is 2. The Morgan fingerprint density at radius 2 is 1.75 bits per heavy atom. The van der Waals surface area contributed by atoms with Crippen LogP contribution in [0.15, 0.2) is 36.5 Å². The van der Waals surface area contributed by atoms with E-state index >= 15 is 0 Å². The Balaban J connectivity index is 1.54. The van der Waals surface area contributed by atoms with E-state index in [0.29, 0.717) is 15.6 Å². The summed E-state index contributed by atoms with van der Waals surface area (Å²) < 4.78 is 27.3. The van der Waals surface area contributed by atoms with Crippen molar-refractivity contribution < 1.29 is 8.42 Å². The number of piperazine rings is 1. The summed E-state index contributed by atoms with van der Waals surface area (Å²) in [5.41, 5.74) is 1.40. The van der Waals surface area contributed by atoms with Crippen molar-refractivity contribution in [3.8, 4) is 0 Å². The summed E-state index contributed by atoms with van der Waals surface area (Å²) in [7, 11) is -3.50. The maximum absolute atomic E-state index is 12.3. The van der Waals surface area contributed by atoms with Crippen molar-refractivity contribution >= 4 is 39.0 Å². The SMILES string of the molecule is CCN1CCN(c2ccc(CNS(=O)(=O)Cc3ccc(Cl)c(Cl)c3)cn2)CC1. The second kappa shape index (κ2) is 9.41. The molecule has 0 saturated carbocycles. The smallest absolute Gasteiger partial charge is 0.216 e. The van der Waals surface area contributed by atoms with Gasteiger partial charge in [-0.1, -0.05) is 42.3 Å². The number of benzene rings is 1. The number of rotatable bonds is 7.